The first kappa shape index (κ1) is 38.1. The lowest BCUT2D eigenvalue weighted by Gasteiger charge is -2.72. The van der Waals surface area contributed by atoms with E-state index in [-0.39, 0.29) is 38.7 Å². The van der Waals surface area contributed by atoms with E-state index in [0.717, 1.165) is 37.1 Å². The molecule has 9 unspecified atom stereocenters. The number of rotatable bonds is 9. The van der Waals surface area contributed by atoms with Crippen molar-refractivity contribution in [1.82, 2.24) is 10.2 Å². The molecular formula is C47H66N2O4. The summed E-state index contributed by atoms with van der Waals surface area (Å²) in [6, 6.07) is 7.07. The number of nitrogens with zero attached hydrogens (tertiary/aromatic N) is 2. The summed E-state index contributed by atoms with van der Waals surface area (Å²) < 4.78 is 6.65. The molecule has 1 heterocycles. The molecule has 6 nitrogen and oxygen atoms in total. The molecule has 2 aromatic rings. The SMILES string of the molecule is C=CC(CC(C)(C)C(=O)O)C(=C)C1CCC2(C)C(CCC3(C)C2CCC2C4=C(C(C)C)CCC4(c4nnc(-c5ccc(O)cc5)o4)CCC23C)C1(C)C. The Bertz CT molecular complexity index is 1810. The van der Waals surface area contributed by atoms with Crippen LogP contribution < -0.4 is 0 Å². The van der Waals surface area contributed by atoms with Crippen LogP contribution in [0.15, 0.2) is 64.6 Å². The second-order valence-corrected chi connectivity index (χ2v) is 20.5. The Morgan fingerprint density at radius 2 is 1.64 bits per heavy atom. The van der Waals surface area contributed by atoms with Crippen LogP contribution in [0.5, 0.6) is 5.75 Å². The van der Waals surface area contributed by atoms with E-state index in [9.17, 15) is 15.0 Å². The minimum atomic E-state index is -0.823. The average Bonchev–Trinajstić information content (AvgIpc) is 3.74. The third kappa shape index (κ3) is 5.48. The number of fused-ring (bicyclic) bond motifs is 7. The zero-order valence-corrected chi connectivity index (χ0v) is 34.1. The maximum atomic E-state index is 12.1. The number of aliphatic carboxylic acids is 1. The lowest BCUT2D eigenvalue weighted by Crippen LogP contribution is -2.65. The average molecular weight is 723 g/mol. The Kier molecular flexibility index (Phi) is 9.14. The highest BCUT2D eigenvalue weighted by Gasteiger charge is 2.70. The van der Waals surface area contributed by atoms with Crippen molar-refractivity contribution in [3.63, 3.8) is 0 Å². The molecular weight excluding hydrogens is 657 g/mol. The summed E-state index contributed by atoms with van der Waals surface area (Å²) >= 11 is 0. The fraction of sp³-hybridized carbons (Fsp3) is 0.681. The van der Waals surface area contributed by atoms with Crippen LogP contribution in [0.3, 0.4) is 0 Å². The number of phenolic OH excluding ortho intramolecular Hbond substituents is 1. The van der Waals surface area contributed by atoms with Gasteiger partial charge in [-0.05, 0) is 166 Å². The maximum Gasteiger partial charge on any atom is 0.309 e. The second-order valence-electron chi connectivity index (χ2n) is 20.5. The molecule has 0 bridgehead atoms. The third-order valence-electron chi connectivity index (χ3n) is 17.2. The van der Waals surface area contributed by atoms with Gasteiger partial charge in [0.05, 0.1) is 10.8 Å². The highest BCUT2D eigenvalue weighted by Crippen LogP contribution is 2.77. The van der Waals surface area contributed by atoms with Crippen molar-refractivity contribution >= 4 is 5.97 Å². The van der Waals surface area contributed by atoms with Crippen LogP contribution in [0.4, 0.5) is 0 Å². The smallest absolute Gasteiger partial charge is 0.309 e. The van der Waals surface area contributed by atoms with Gasteiger partial charge < -0.3 is 14.6 Å². The number of allylic oxidation sites excluding steroid dienone is 4. The Hall–Kier alpha value is -3.15. The van der Waals surface area contributed by atoms with Crippen molar-refractivity contribution in [3.05, 3.63) is 66.1 Å². The molecule has 6 heteroatoms. The second kappa shape index (κ2) is 12.7. The predicted octanol–water partition coefficient (Wildman–Crippen LogP) is 12.0. The van der Waals surface area contributed by atoms with Crippen molar-refractivity contribution in [3.8, 4) is 17.2 Å². The fourth-order valence-corrected chi connectivity index (χ4v) is 14.1. The summed E-state index contributed by atoms with van der Waals surface area (Å²) in [6.07, 6.45) is 14.1. The molecule has 0 spiro atoms. The van der Waals surface area contributed by atoms with E-state index in [1.54, 1.807) is 23.3 Å². The van der Waals surface area contributed by atoms with E-state index >= 15 is 0 Å². The number of hydrogen-bond donors (Lipinski definition) is 2. The minimum absolute atomic E-state index is 0.00805. The molecule has 0 radical (unpaired) electrons. The zero-order chi connectivity index (χ0) is 38.5. The lowest BCUT2D eigenvalue weighted by atomic mass is 9.32. The highest BCUT2D eigenvalue weighted by atomic mass is 16.4. The topological polar surface area (TPSA) is 96.5 Å². The van der Waals surface area contributed by atoms with Crippen molar-refractivity contribution in [2.24, 2.45) is 62.6 Å². The van der Waals surface area contributed by atoms with Crippen LogP contribution in [-0.2, 0) is 10.2 Å². The van der Waals surface area contributed by atoms with Crippen molar-refractivity contribution in [1.29, 1.82) is 0 Å². The van der Waals surface area contributed by atoms with Crippen LogP contribution in [0.25, 0.3) is 11.5 Å². The summed E-state index contributed by atoms with van der Waals surface area (Å²) in [7, 11) is 0. The van der Waals surface area contributed by atoms with Gasteiger partial charge in [0, 0.05) is 5.56 Å². The number of aromatic hydroxyl groups is 1. The fourth-order valence-electron chi connectivity index (χ4n) is 14.1. The molecule has 5 aliphatic rings. The third-order valence-corrected chi connectivity index (χ3v) is 17.2. The number of aromatic nitrogens is 2. The quantitative estimate of drug-likeness (QED) is 0.250. The first-order valence-electron chi connectivity index (χ1n) is 20.7. The number of carbonyl (C=O) groups is 1. The normalized spacial score (nSPS) is 36.9. The predicted molar refractivity (Wildman–Crippen MR) is 212 cm³/mol. The first-order chi connectivity index (χ1) is 24.8. The van der Waals surface area contributed by atoms with Crippen molar-refractivity contribution in [2.75, 3.05) is 0 Å². The van der Waals surface area contributed by atoms with E-state index in [1.807, 2.05) is 32.1 Å². The molecule has 7 rings (SSSR count). The van der Waals surface area contributed by atoms with Gasteiger partial charge in [0.1, 0.15) is 5.75 Å². The van der Waals surface area contributed by atoms with E-state index in [4.69, 9.17) is 16.1 Å². The van der Waals surface area contributed by atoms with Gasteiger partial charge in [-0.15, -0.1) is 16.8 Å². The molecule has 4 saturated carbocycles. The highest BCUT2D eigenvalue weighted by molar-refractivity contribution is 5.73. The maximum absolute atomic E-state index is 12.1. The number of carboxylic acid groups (broad SMARTS) is 1. The van der Waals surface area contributed by atoms with Crippen LogP contribution in [-0.4, -0.2) is 26.4 Å². The number of hydrogen-bond acceptors (Lipinski definition) is 5. The molecule has 0 aliphatic heterocycles. The summed E-state index contributed by atoms with van der Waals surface area (Å²) in [4.78, 5) is 12.1. The Labute approximate surface area is 319 Å². The molecule has 9 atom stereocenters. The van der Waals surface area contributed by atoms with Gasteiger partial charge in [-0.2, -0.15) is 0 Å². The minimum Gasteiger partial charge on any atom is -0.508 e. The number of benzene rings is 1. The number of phenols is 1. The summed E-state index contributed by atoms with van der Waals surface area (Å²) in [5, 5.41) is 29.2. The van der Waals surface area contributed by atoms with Crippen LogP contribution in [0, 0.1) is 62.6 Å². The largest absolute Gasteiger partial charge is 0.508 e. The zero-order valence-electron chi connectivity index (χ0n) is 34.1. The molecule has 5 aliphatic carbocycles. The van der Waals surface area contributed by atoms with Crippen molar-refractivity contribution < 1.29 is 19.4 Å². The Morgan fingerprint density at radius 3 is 2.28 bits per heavy atom. The monoisotopic (exact) mass is 723 g/mol. The van der Waals surface area contributed by atoms with Crippen molar-refractivity contribution in [2.45, 2.75) is 138 Å². The van der Waals surface area contributed by atoms with Crippen LogP contribution in [0.2, 0.25) is 0 Å². The van der Waals surface area contributed by atoms with Gasteiger partial charge >= 0.3 is 5.97 Å². The van der Waals surface area contributed by atoms with Gasteiger partial charge in [-0.3, -0.25) is 4.79 Å². The molecule has 1 aromatic carbocycles. The van der Waals surface area contributed by atoms with Gasteiger partial charge in [0.2, 0.25) is 11.8 Å². The van der Waals surface area contributed by atoms with Crippen LogP contribution >= 0.6 is 0 Å². The first-order valence-corrected chi connectivity index (χ1v) is 20.7. The van der Waals surface area contributed by atoms with E-state index in [1.165, 1.54) is 44.1 Å². The van der Waals surface area contributed by atoms with Gasteiger partial charge in [0.15, 0.2) is 0 Å². The van der Waals surface area contributed by atoms with Gasteiger partial charge in [0.25, 0.3) is 0 Å². The molecule has 53 heavy (non-hydrogen) atoms. The summed E-state index contributed by atoms with van der Waals surface area (Å²) in [5.74, 6) is 3.35. The summed E-state index contributed by atoms with van der Waals surface area (Å²) in [5.41, 5.74) is 4.97. The molecule has 0 saturated heterocycles. The van der Waals surface area contributed by atoms with Gasteiger partial charge in [-0.1, -0.05) is 77.8 Å². The lowest BCUT2D eigenvalue weighted by molar-refractivity contribution is -0.217. The van der Waals surface area contributed by atoms with E-state index in [2.05, 4.69) is 60.1 Å². The van der Waals surface area contributed by atoms with Crippen LogP contribution in [0.1, 0.15) is 139 Å². The Morgan fingerprint density at radius 1 is 0.943 bits per heavy atom. The number of carboxylic acids is 1. The van der Waals surface area contributed by atoms with E-state index in [0.29, 0.717) is 41.9 Å². The molecule has 0 amide bonds. The van der Waals surface area contributed by atoms with E-state index < -0.39 is 11.4 Å². The molecule has 2 N–H and O–H groups in total. The standard InChI is InChI=1S/C47H66N2O4/c1-12-30(27-42(5,6)41(51)52)29(4)34-20-22-44(9)36(43(34,7)8)21-23-46(11)37(44)18-17-35-38-33(28(2)3)19-24-47(38,26-25-45(35,46)10)40-49-48-39(53-40)31-13-15-32(50)16-14-31/h12-16,28,30,34-37,50H,1,4,17-27H2,2-3,5-11H3,(H,51,52). The van der Waals surface area contributed by atoms with Gasteiger partial charge in [-0.25, -0.2) is 0 Å². The molecule has 288 valence electrons. The summed E-state index contributed by atoms with van der Waals surface area (Å²) in [6.45, 7) is 30.4. The molecule has 4 fully saturated rings. The molecule has 1 aromatic heterocycles. The Balaban J connectivity index is 1.20.